The van der Waals surface area contributed by atoms with Gasteiger partial charge in [-0.05, 0) is 30.9 Å². The molecule has 1 saturated carbocycles. The normalized spacial score (nSPS) is 27.9. The summed E-state index contributed by atoms with van der Waals surface area (Å²) in [4.78, 5) is 0. The zero-order valence-electron chi connectivity index (χ0n) is 9.93. The average Bonchev–Trinajstić information content (AvgIpc) is 2.20. The van der Waals surface area contributed by atoms with Gasteiger partial charge in [-0.25, -0.2) is 0 Å². The molecule has 0 N–H and O–H groups in total. The van der Waals surface area contributed by atoms with Crippen molar-refractivity contribution in [3.8, 4) is 0 Å². The third kappa shape index (κ3) is 4.72. The lowest BCUT2D eigenvalue weighted by molar-refractivity contribution is 0.397. The van der Waals surface area contributed by atoms with Gasteiger partial charge in [0.15, 0.2) is 0 Å². The first-order valence-electron chi connectivity index (χ1n) is 6.46. The molecule has 14 heavy (non-hydrogen) atoms. The predicted octanol–water partition coefficient (Wildman–Crippen LogP) is 4.88. The van der Waals surface area contributed by atoms with Crippen LogP contribution in [0.2, 0.25) is 0 Å². The van der Waals surface area contributed by atoms with Crippen molar-refractivity contribution in [2.75, 3.05) is 5.75 Å². The van der Waals surface area contributed by atoms with Crippen molar-refractivity contribution in [1.29, 1.82) is 0 Å². The van der Waals surface area contributed by atoms with Crippen molar-refractivity contribution in [1.82, 2.24) is 0 Å². The van der Waals surface area contributed by atoms with E-state index in [1.807, 2.05) is 0 Å². The van der Waals surface area contributed by atoms with Crippen LogP contribution < -0.4 is 0 Å². The third-order valence-corrected chi connectivity index (χ3v) is 5.02. The first-order valence-corrected chi connectivity index (χ1v) is 7.51. The van der Waals surface area contributed by atoms with Crippen molar-refractivity contribution in [3.05, 3.63) is 0 Å². The maximum Gasteiger partial charge on any atom is 0.00726 e. The molecule has 2 atom stereocenters. The van der Waals surface area contributed by atoms with Gasteiger partial charge in [-0.15, -0.1) is 0 Å². The Labute approximate surface area is 94.2 Å². The van der Waals surface area contributed by atoms with Crippen LogP contribution in [0.1, 0.15) is 65.2 Å². The topological polar surface area (TPSA) is 0 Å². The fraction of sp³-hybridized carbons (Fsp3) is 1.00. The van der Waals surface area contributed by atoms with Crippen LogP contribution in [-0.4, -0.2) is 11.0 Å². The first kappa shape index (κ1) is 12.4. The number of rotatable bonds is 6. The highest BCUT2D eigenvalue weighted by Crippen LogP contribution is 2.33. The van der Waals surface area contributed by atoms with Crippen molar-refractivity contribution < 1.29 is 0 Å². The summed E-state index contributed by atoms with van der Waals surface area (Å²) in [7, 11) is 0. The molecule has 0 aromatic carbocycles. The summed E-state index contributed by atoms with van der Waals surface area (Å²) in [5.74, 6) is 2.40. The number of unbranched alkanes of at least 4 members (excludes halogenated alkanes) is 3. The van der Waals surface area contributed by atoms with Gasteiger partial charge < -0.3 is 0 Å². The molecule has 1 heteroatoms. The van der Waals surface area contributed by atoms with E-state index in [1.165, 1.54) is 57.1 Å². The van der Waals surface area contributed by atoms with Gasteiger partial charge >= 0.3 is 0 Å². The molecule has 1 aliphatic rings. The smallest absolute Gasteiger partial charge is 0.00726 e. The molecule has 0 aromatic rings. The monoisotopic (exact) mass is 214 g/mol. The molecule has 84 valence electrons. The van der Waals surface area contributed by atoms with E-state index in [0.717, 1.165) is 11.2 Å². The Morgan fingerprint density at radius 2 is 1.86 bits per heavy atom. The van der Waals surface area contributed by atoms with Crippen LogP contribution in [0.25, 0.3) is 0 Å². The maximum absolute atomic E-state index is 2.45. The molecule has 0 aromatic heterocycles. The van der Waals surface area contributed by atoms with Crippen LogP contribution in [0, 0.1) is 5.92 Å². The second kappa shape index (κ2) is 7.62. The zero-order chi connectivity index (χ0) is 10.2. The van der Waals surface area contributed by atoms with Gasteiger partial charge in [-0.1, -0.05) is 46.0 Å². The zero-order valence-corrected chi connectivity index (χ0v) is 10.7. The Balaban J connectivity index is 1.99. The maximum atomic E-state index is 2.45. The van der Waals surface area contributed by atoms with Crippen molar-refractivity contribution in [2.45, 2.75) is 70.5 Å². The molecule has 0 bridgehead atoms. The number of hydrogen-bond acceptors (Lipinski definition) is 1. The van der Waals surface area contributed by atoms with Crippen LogP contribution in [0.4, 0.5) is 0 Å². The Hall–Kier alpha value is 0.350. The summed E-state index contributed by atoms with van der Waals surface area (Å²) in [6.07, 6.45) is 11.6. The first-order chi connectivity index (χ1) is 6.84. The lowest BCUT2D eigenvalue weighted by atomic mass is 9.90. The summed E-state index contributed by atoms with van der Waals surface area (Å²) in [6.45, 7) is 4.74. The van der Waals surface area contributed by atoms with E-state index in [0.29, 0.717) is 0 Å². The summed E-state index contributed by atoms with van der Waals surface area (Å²) < 4.78 is 0. The van der Waals surface area contributed by atoms with Gasteiger partial charge in [-0.2, -0.15) is 11.8 Å². The molecule has 0 amide bonds. The third-order valence-electron chi connectivity index (χ3n) is 3.36. The quantitative estimate of drug-likeness (QED) is 0.568. The molecule has 0 saturated heterocycles. The average molecular weight is 214 g/mol. The van der Waals surface area contributed by atoms with Crippen molar-refractivity contribution >= 4 is 11.8 Å². The molecular formula is C13H26S. The summed E-state index contributed by atoms with van der Waals surface area (Å²) in [6, 6.07) is 0. The van der Waals surface area contributed by atoms with E-state index in [-0.39, 0.29) is 0 Å². The molecule has 1 rings (SSSR count). The SMILES string of the molecule is CCCCCCSC1CCCCC1C. The molecule has 0 spiro atoms. The molecular weight excluding hydrogens is 188 g/mol. The minimum Gasteiger partial charge on any atom is -0.158 e. The van der Waals surface area contributed by atoms with E-state index >= 15 is 0 Å². The Morgan fingerprint density at radius 1 is 1.07 bits per heavy atom. The summed E-state index contributed by atoms with van der Waals surface area (Å²) in [5.41, 5.74) is 0. The van der Waals surface area contributed by atoms with Crippen molar-refractivity contribution in [3.63, 3.8) is 0 Å². The van der Waals surface area contributed by atoms with Gasteiger partial charge in [0.05, 0.1) is 0 Å². The van der Waals surface area contributed by atoms with Crippen LogP contribution in [0.5, 0.6) is 0 Å². The highest BCUT2D eigenvalue weighted by atomic mass is 32.2. The Morgan fingerprint density at radius 3 is 2.57 bits per heavy atom. The molecule has 1 aliphatic carbocycles. The number of hydrogen-bond donors (Lipinski definition) is 0. The van der Waals surface area contributed by atoms with Crippen molar-refractivity contribution in [2.24, 2.45) is 5.92 Å². The van der Waals surface area contributed by atoms with E-state index in [4.69, 9.17) is 0 Å². The van der Waals surface area contributed by atoms with Crippen LogP contribution in [0.3, 0.4) is 0 Å². The molecule has 0 heterocycles. The Bertz CT molecular complexity index is 133. The highest BCUT2D eigenvalue weighted by Gasteiger charge is 2.20. The predicted molar refractivity (Wildman–Crippen MR) is 68.0 cm³/mol. The Kier molecular flexibility index (Phi) is 6.76. The number of thioether (sulfide) groups is 1. The summed E-state index contributed by atoms with van der Waals surface area (Å²) >= 11 is 2.26. The lowest BCUT2D eigenvalue weighted by Crippen LogP contribution is -2.19. The molecule has 0 nitrogen and oxygen atoms in total. The largest absolute Gasteiger partial charge is 0.158 e. The van der Waals surface area contributed by atoms with Gasteiger partial charge in [0.2, 0.25) is 0 Å². The lowest BCUT2D eigenvalue weighted by Gasteiger charge is -2.28. The molecule has 2 unspecified atom stereocenters. The van der Waals surface area contributed by atoms with Gasteiger partial charge in [0, 0.05) is 5.25 Å². The van der Waals surface area contributed by atoms with E-state index in [9.17, 15) is 0 Å². The highest BCUT2D eigenvalue weighted by molar-refractivity contribution is 7.99. The second-order valence-electron chi connectivity index (χ2n) is 4.73. The van der Waals surface area contributed by atoms with Gasteiger partial charge in [-0.3, -0.25) is 0 Å². The molecule has 0 aliphatic heterocycles. The van der Waals surface area contributed by atoms with E-state index in [2.05, 4.69) is 25.6 Å². The van der Waals surface area contributed by atoms with Crippen LogP contribution in [-0.2, 0) is 0 Å². The van der Waals surface area contributed by atoms with Gasteiger partial charge in [0.25, 0.3) is 0 Å². The standard InChI is InChI=1S/C13H26S/c1-3-4-5-8-11-14-13-10-7-6-9-12(13)2/h12-13H,3-11H2,1-2H3. The van der Waals surface area contributed by atoms with Crippen LogP contribution >= 0.6 is 11.8 Å². The minimum atomic E-state index is 0.986. The van der Waals surface area contributed by atoms with Gasteiger partial charge in [0.1, 0.15) is 0 Å². The second-order valence-corrected chi connectivity index (χ2v) is 6.08. The summed E-state index contributed by atoms with van der Waals surface area (Å²) in [5, 5.41) is 0.991. The molecule has 1 fully saturated rings. The van der Waals surface area contributed by atoms with E-state index in [1.54, 1.807) is 0 Å². The fourth-order valence-corrected chi connectivity index (χ4v) is 3.76. The minimum absolute atomic E-state index is 0.986. The van der Waals surface area contributed by atoms with Crippen LogP contribution in [0.15, 0.2) is 0 Å². The fourth-order valence-electron chi connectivity index (χ4n) is 2.29. The molecule has 0 radical (unpaired) electrons. The van der Waals surface area contributed by atoms with E-state index < -0.39 is 0 Å².